The van der Waals surface area contributed by atoms with Gasteiger partial charge in [-0.15, -0.1) is 0 Å². The fraction of sp³-hybridized carbons (Fsp3) is 0.765. The third-order valence-corrected chi connectivity index (χ3v) is 15.8. The van der Waals surface area contributed by atoms with Crippen molar-refractivity contribution < 1.29 is 9.53 Å². The molecular formula is C34H58O2Si. The van der Waals surface area contributed by atoms with Crippen LogP contribution in [0.5, 0.6) is 0 Å². The second kappa shape index (κ2) is 12.5. The van der Waals surface area contributed by atoms with E-state index in [0.717, 1.165) is 35.8 Å². The van der Waals surface area contributed by atoms with Crippen LogP contribution in [-0.4, -0.2) is 25.1 Å². The molecule has 0 aromatic carbocycles. The first-order chi connectivity index (χ1) is 17.4. The molecule has 0 aromatic rings. The van der Waals surface area contributed by atoms with Gasteiger partial charge in [0.15, 0.2) is 8.32 Å². The Morgan fingerprint density at radius 2 is 1.84 bits per heavy atom. The minimum absolute atomic E-state index is 0.00744. The highest BCUT2D eigenvalue weighted by molar-refractivity contribution is 6.73. The average Bonchev–Trinajstić information content (AvgIpc) is 3.23. The second-order valence-corrected chi connectivity index (χ2v) is 18.3. The summed E-state index contributed by atoms with van der Waals surface area (Å²) >= 11 is 0. The molecule has 0 radical (unpaired) electrons. The van der Waals surface area contributed by atoms with Gasteiger partial charge in [0.1, 0.15) is 0 Å². The molecule has 3 aliphatic rings. The quantitative estimate of drug-likeness (QED) is 0.202. The average molecular weight is 527 g/mol. The Balaban J connectivity index is 1.61. The number of aliphatic hydroxyl groups is 1. The standard InChI is InChI=1S/C34H58O2Si/c1-10-37(11-2,12-3)36-33(7,8)23-13-15-25(4)30-21-22-31-29(16-14-24-34(30,31)9)20-19-28-18-17-26(5)32(35)27(28)6/h16,19-20,25,30-32,35H,5,10-15,17-18,21-24H2,1-4,6-9H3/b20-19-/t25-,30?,31?,32+,34-/m1/s1. The number of hydrogen-bond donors (Lipinski definition) is 1. The molecule has 3 heteroatoms. The van der Waals surface area contributed by atoms with Crippen LogP contribution in [0, 0.1) is 23.2 Å². The number of rotatable bonds is 12. The molecule has 0 spiro atoms. The minimum Gasteiger partial charge on any atom is -0.412 e. The van der Waals surface area contributed by atoms with Crippen molar-refractivity contribution in [2.45, 2.75) is 143 Å². The smallest absolute Gasteiger partial charge is 0.192 e. The first-order valence-electron chi connectivity index (χ1n) is 15.6. The zero-order chi connectivity index (χ0) is 27.4. The molecule has 1 N–H and O–H groups in total. The van der Waals surface area contributed by atoms with Crippen LogP contribution in [0.4, 0.5) is 0 Å². The van der Waals surface area contributed by atoms with Crippen LogP contribution >= 0.6 is 0 Å². The zero-order valence-electron chi connectivity index (χ0n) is 25.6. The Kier molecular flexibility index (Phi) is 10.4. The van der Waals surface area contributed by atoms with Gasteiger partial charge in [-0.25, -0.2) is 0 Å². The largest absolute Gasteiger partial charge is 0.412 e. The SMILES string of the molecule is C=C1CCC(/C=C\C2=CCC[C@@]3(C)C2CCC3[C@H](C)CCCC(C)(C)O[Si](CC)(CC)CC)=C(C)[C@H]1O. The van der Waals surface area contributed by atoms with E-state index in [4.69, 9.17) is 4.43 Å². The highest BCUT2D eigenvalue weighted by Gasteiger charge is 2.49. The van der Waals surface area contributed by atoms with Gasteiger partial charge in [0.2, 0.25) is 0 Å². The lowest BCUT2D eigenvalue weighted by molar-refractivity contribution is 0.0735. The molecule has 0 heterocycles. The predicted octanol–water partition coefficient (Wildman–Crippen LogP) is 9.93. The van der Waals surface area contributed by atoms with Gasteiger partial charge in [0.05, 0.1) is 11.7 Å². The van der Waals surface area contributed by atoms with Gasteiger partial charge in [-0.1, -0.05) is 72.3 Å². The van der Waals surface area contributed by atoms with Crippen molar-refractivity contribution in [3.8, 4) is 0 Å². The Labute approximate surface area is 230 Å². The lowest BCUT2D eigenvalue weighted by atomic mass is 9.62. The van der Waals surface area contributed by atoms with Crippen molar-refractivity contribution in [2.24, 2.45) is 23.2 Å². The van der Waals surface area contributed by atoms with Gasteiger partial charge in [0, 0.05) is 0 Å². The van der Waals surface area contributed by atoms with Crippen LogP contribution in [0.15, 0.2) is 47.1 Å². The summed E-state index contributed by atoms with van der Waals surface area (Å²) in [5, 5.41) is 10.4. The van der Waals surface area contributed by atoms with Crippen molar-refractivity contribution in [1.82, 2.24) is 0 Å². The van der Waals surface area contributed by atoms with Crippen LogP contribution in [0.2, 0.25) is 18.1 Å². The van der Waals surface area contributed by atoms with E-state index in [1.54, 1.807) is 5.57 Å². The van der Waals surface area contributed by atoms with E-state index < -0.39 is 14.4 Å². The highest BCUT2D eigenvalue weighted by Crippen LogP contribution is 2.59. The third-order valence-electron chi connectivity index (χ3n) is 10.9. The minimum atomic E-state index is -1.56. The topological polar surface area (TPSA) is 29.5 Å². The first kappa shape index (κ1) is 30.6. The molecule has 0 aromatic heterocycles. The molecule has 210 valence electrons. The zero-order valence-corrected chi connectivity index (χ0v) is 26.6. The summed E-state index contributed by atoms with van der Waals surface area (Å²) in [4.78, 5) is 0. The summed E-state index contributed by atoms with van der Waals surface area (Å²) in [6, 6.07) is 3.70. The molecule has 3 rings (SSSR count). The van der Waals surface area contributed by atoms with Crippen LogP contribution < -0.4 is 0 Å². The van der Waals surface area contributed by atoms with Gasteiger partial charge in [0.25, 0.3) is 0 Å². The molecule has 5 atom stereocenters. The maximum atomic E-state index is 10.4. The van der Waals surface area contributed by atoms with E-state index >= 15 is 0 Å². The Morgan fingerprint density at radius 1 is 1.16 bits per heavy atom. The molecular weight excluding hydrogens is 468 g/mol. The van der Waals surface area contributed by atoms with E-state index in [9.17, 15) is 5.11 Å². The van der Waals surface area contributed by atoms with E-state index in [1.807, 2.05) is 0 Å². The number of fused-ring (bicyclic) bond motifs is 1. The predicted molar refractivity (Wildman–Crippen MR) is 163 cm³/mol. The highest BCUT2D eigenvalue weighted by atomic mass is 28.4. The fourth-order valence-electron chi connectivity index (χ4n) is 8.16. The fourth-order valence-corrected chi connectivity index (χ4v) is 11.4. The number of aliphatic hydroxyl groups excluding tert-OH is 1. The summed E-state index contributed by atoms with van der Waals surface area (Å²) in [6.45, 7) is 23.0. The van der Waals surface area contributed by atoms with Gasteiger partial charge in [-0.05, 0) is 129 Å². The Bertz CT molecular complexity index is 881. The van der Waals surface area contributed by atoms with Crippen molar-refractivity contribution in [3.05, 3.63) is 47.1 Å². The molecule has 0 aliphatic heterocycles. The molecule has 2 unspecified atom stereocenters. The summed E-state index contributed by atoms with van der Waals surface area (Å²) in [7, 11) is -1.56. The summed E-state index contributed by atoms with van der Waals surface area (Å²) in [6.07, 6.45) is 17.7. The molecule has 1 saturated carbocycles. The number of hydrogen-bond acceptors (Lipinski definition) is 2. The van der Waals surface area contributed by atoms with Crippen LogP contribution in [-0.2, 0) is 4.43 Å². The first-order valence-corrected chi connectivity index (χ1v) is 18.1. The van der Waals surface area contributed by atoms with Gasteiger partial charge >= 0.3 is 0 Å². The molecule has 0 amide bonds. The lowest BCUT2D eigenvalue weighted by Crippen LogP contribution is -2.44. The van der Waals surface area contributed by atoms with Gasteiger partial charge in [-0.3, -0.25) is 0 Å². The van der Waals surface area contributed by atoms with Crippen LogP contribution in [0.1, 0.15) is 113 Å². The van der Waals surface area contributed by atoms with Gasteiger partial charge in [-0.2, -0.15) is 0 Å². The van der Waals surface area contributed by atoms with Crippen molar-refractivity contribution in [1.29, 1.82) is 0 Å². The molecule has 37 heavy (non-hydrogen) atoms. The molecule has 3 aliphatic carbocycles. The van der Waals surface area contributed by atoms with E-state index in [1.165, 1.54) is 68.7 Å². The lowest BCUT2D eigenvalue weighted by Gasteiger charge is -2.43. The number of allylic oxidation sites excluding steroid dienone is 5. The van der Waals surface area contributed by atoms with Crippen molar-refractivity contribution in [3.63, 3.8) is 0 Å². The molecule has 2 nitrogen and oxygen atoms in total. The normalized spacial score (nSPS) is 30.1. The van der Waals surface area contributed by atoms with Crippen LogP contribution in [0.3, 0.4) is 0 Å². The van der Waals surface area contributed by atoms with Crippen molar-refractivity contribution >= 4 is 8.32 Å². The van der Waals surface area contributed by atoms with E-state index in [0.29, 0.717) is 11.3 Å². The van der Waals surface area contributed by atoms with E-state index in [2.05, 4.69) is 80.2 Å². The van der Waals surface area contributed by atoms with Gasteiger partial charge < -0.3 is 9.53 Å². The van der Waals surface area contributed by atoms with E-state index in [-0.39, 0.29) is 5.60 Å². The molecule has 1 fully saturated rings. The second-order valence-electron chi connectivity index (χ2n) is 13.6. The summed E-state index contributed by atoms with van der Waals surface area (Å²) < 4.78 is 6.90. The summed E-state index contributed by atoms with van der Waals surface area (Å²) in [5.41, 5.74) is 5.34. The summed E-state index contributed by atoms with van der Waals surface area (Å²) in [5.74, 6) is 2.26. The van der Waals surface area contributed by atoms with Crippen LogP contribution in [0.25, 0.3) is 0 Å². The maximum Gasteiger partial charge on any atom is 0.192 e. The molecule has 0 bridgehead atoms. The monoisotopic (exact) mass is 526 g/mol. The third kappa shape index (κ3) is 6.82. The Morgan fingerprint density at radius 3 is 2.49 bits per heavy atom. The van der Waals surface area contributed by atoms with Crippen molar-refractivity contribution in [2.75, 3.05) is 0 Å². The maximum absolute atomic E-state index is 10.4. The Hall–Kier alpha value is -0.903. The molecule has 0 saturated heterocycles.